The van der Waals surface area contributed by atoms with E-state index in [1.807, 2.05) is 47.4 Å². The molecule has 1 unspecified atom stereocenters. The van der Waals surface area contributed by atoms with E-state index in [-0.39, 0.29) is 17.6 Å². The van der Waals surface area contributed by atoms with E-state index in [2.05, 4.69) is 24.5 Å². The highest BCUT2D eigenvalue weighted by Gasteiger charge is 2.34. The Morgan fingerprint density at radius 2 is 1.84 bits per heavy atom. The second kappa shape index (κ2) is 9.36. The molecular formula is C25H31N3O3S. The van der Waals surface area contributed by atoms with Crippen LogP contribution in [0.2, 0.25) is 0 Å². The SMILES string of the molecule is COc1ccc2c(c1)OC(C)(C)CC2NC(=S)Nc1ccc(C(=O)N2CCCCC2)cc1. The molecule has 1 fully saturated rings. The number of amides is 1. The van der Waals surface area contributed by atoms with E-state index < -0.39 is 0 Å². The van der Waals surface area contributed by atoms with Gasteiger partial charge in [0, 0.05) is 42.4 Å². The molecule has 0 bridgehead atoms. The fourth-order valence-electron chi connectivity index (χ4n) is 4.39. The van der Waals surface area contributed by atoms with Crippen LogP contribution in [-0.2, 0) is 0 Å². The Labute approximate surface area is 195 Å². The van der Waals surface area contributed by atoms with Crippen LogP contribution in [0.4, 0.5) is 5.69 Å². The molecule has 1 saturated heterocycles. The quantitative estimate of drug-likeness (QED) is 0.642. The second-order valence-electron chi connectivity index (χ2n) is 9.05. The summed E-state index contributed by atoms with van der Waals surface area (Å²) < 4.78 is 11.5. The van der Waals surface area contributed by atoms with Gasteiger partial charge in [-0.3, -0.25) is 4.79 Å². The first kappa shape index (κ1) is 22.4. The fraction of sp³-hybridized carbons (Fsp3) is 0.440. The van der Waals surface area contributed by atoms with Gasteiger partial charge in [-0.05, 0) is 81.7 Å². The summed E-state index contributed by atoms with van der Waals surface area (Å²) in [6.45, 7) is 5.83. The van der Waals surface area contributed by atoms with E-state index in [0.717, 1.165) is 55.1 Å². The average molecular weight is 454 g/mol. The number of methoxy groups -OCH3 is 1. The molecule has 2 heterocycles. The van der Waals surface area contributed by atoms with Gasteiger partial charge in [-0.1, -0.05) is 0 Å². The van der Waals surface area contributed by atoms with E-state index in [1.54, 1.807) is 7.11 Å². The van der Waals surface area contributed by atoms with E-state index in [0.29, 0.717) is 10.7 Å². The summed E-state index contributed by atoms with van der Waals surface area (Å²) in [7, 11) is 1.65. The van der Waals surface area contributed by atoms with E-state index in [1.165, 1.54) is 6.42 Å². The lowest BCUT2D eigenvalue weighted by Gasteiger charge is -2.38. The number of thiocarbonyl (C=S) groups is 1. The Morgan fingerprint density at radius 1 is 1.12 bits per heavy atom. The Hall–Kier alpha value is -2.80. The monoisotopic (exact) mass is 453 g/mol. The molecule has 1 amide bonds. The zero-order chi connectivity index (χ0) is 22.7. The first-order chi connectivity index (χ1) is 15.3. The molecule has 7 heteroatoms. The number of rotatable bonds is 4. The van der Waals surface area contributed by atoms with Crippen molar-refractivity contribution in [1.29, 1.82) is 0 Å². The van der Waals surface area contributed by atoms with Gasteiger partial charge < -0.3 is 25.0 Å². The number of carbonyl (C=O) groups is 1. The highest BCUT2D eigenvalue weighted by Crippen LogP contribution is 2.41. The lowest BCUT2D eigenvalue weighted by atomic mass is 9.89. The van der Waals surface area contributed by atoms with Gasteiger partial charge in [0.25, 0.3) is 5.91 Å². The van der Waals surface area contributed by atoms with Gasteiger partial charge in [0.2, 0.25) is 0 Å². The standard InChI is InChI=1S/C25H31N3O3S/c1-25(2)16-21(20-12-11-19(30-3)15-22(20)31-25)27-24(32)26-18-9-7-17(8-10-18)23(29)28-13-5-4-6-14-28/h7-12,15,21H,4-6,13-14,16H2,1-3H3,(H2,26,27,32). The highest BCUT2D eigenvalue weighted by molar-refractivity contribution is 7.80. The number of ether oxygens (including phenoxy) is 2. The largest absolute Gasteiger partial charge is 0.497 e. The third-order valence-corrected chi connectivity index (χ3v) is 6.24. The van der Waals surface area contributed by atoms with Crippen LogP contribution >= 0.6 is 12.2 Å². The molecule has 170 valence electrons. The highest BCUT2D eigenvalue weighted by atomic mass is 32.1. The molecule has 6 nitrogen and oxygen atoms in total. The number of hydrogen-bond donors (Lipinski definition) is 2. The molecule has 0 aliphatic carbocycles. The summed E-state index contributed by atoms with van der Waals surface area (Å²) in [5.74, 6) is 1.68. The smallest absolute Gasteiger partial charge is 0.253 e. The number of carbonyl (C=O) groups excluding carboxylic acids is 1. The van der Waals surface area contributed by atoms with Crippen LogP contribution in [-0.4, -0.2) is 41.7 Å². The van der Waals surface area contributed by atoms with Crippen LogP contribution in [0.15, 0.2) is 42.5 Å². The van der Waals surface area contributed by atoms with Crippen LogP contribution < -0.4 is 20.1 Å². The second-order valence-corrected chi connectivity index (χ2v) is 9.46. The van der Waals surface area contributed by atoms with Gasteiger partial charge in [-0.25, -0.2) is 0 Å². The van der Waals surface area contributed by atoms with Crippen molar-refractivity contribution in [3.8, 4) is 11.5 Å². The Balaban J connectivity index is 1.41. The van der Waals surface area contributed by atoms with Gasteiger partial charge in [0.1, 0.15) is 17.1 Å². The van der Waals surface area contributed by atoms with Crippen molar-refractivity contribution in [3.05, 3.63) is 53.6 Å². The number of benzene rings is 2. The number of anilines is 1. The number of nitrogens with zero attached hydrogens (tertiary/aromatic N) is 1. The van der Waals surface area contributed by atoms with Crippen molar-refractivity contribution in [3.63, 3.8) is 0 Å². The molecule has 32 heavy (non-hydrogen) atoms. The van der Waals surface area contributed by atoms with Gasteiger partial charge in [0.05, 0.1) is 13.2 Å². The molecule has 2 aromatic carbocycles. The van der Waals surface area contributed by atoms with Gasteiger partial charge in [0.15, 0.2) is 5.11 Å². The van der Waals surface area contributed by atoms with Crippen LogP contribution in [0.5, 0.6) is 11.5 Å². The molecule has 0 saturated carbocycles. The summed E-state index contributed by atoms with van der Waals surface area (Å²) in [5, 5.41) is 7.21. The zero-order valence-electron chi connectivity index (χ0n) is 18.9. The third-order valence-electron chi connectivity index (χ3n) is 6.02. The van der Waals surface area contributed by atoms with Crippen LogP contribution in [0.25, 0.3) is 0 Å². The van der Waals surface area contributed by atoms with E-state index in [4.69, 9.17) is 21.7 Å². The van der Waals surface area contributed by atoms with Crippen LogP contribution in [0.3, 0.4) is 0 Å². The molecule has 0 spiro atoms. The van der Waals surface area contributed by atoms with Crippen LogP contribution in [0, 0.1) is 0 Å². The van der Waals surface area contributed by atoms with E-state index >= 15 is 0 Å². The maximum Gasteiger partial charge on any atom is 0.253 e. The first-order valence-corrected chi connectivity index (χ1v) is 11.6. The molecule has 4 rings (SSSR count). The number of likely N-dealkylation sites (tertiary alicyclic amines) is 1. The van der Waals surface area contributed by atoms with Crippen molar-refractivity contribution in [1.82, 2.24) is 10.2 Å². The number of piperidine rings is 1. The van der Waals surface area contributed by atoms with Gasteiger partial charge in [-0.15, -0.1) is 0 Å². The Kier molecular flexibility index (Phi) is 6.55. The summed E-state index contributed by atoms with van der Waals surface area (Å²) >= 11 is 5.59. The summed E-state index contributed by atoms with van der Waals surface area (Å²) in [5.41, 5.74) is 2.28. The average Bonchev–Trinajstić information content (AvgIpc) is 2.78. The number of hydrogen-bond acceptors (Lipinski definition) is 4. The van der Waals surface area contributed by atoms with Crippen LogP contribution in [0.1, 0.15) is 61.5 Å². The topological polar surface area (TPSA) is 62.8 Å². The van der Waals surface area contributed by atoms with Crippen molar-refractivity contribution in [2.75, 3.05) is 25.5 Å². The van der Waals surface area contributed by atoms with Gasteiger partial charge in [-0.2, -0.15) is 0 Å². The fourth-order valence-corrected chi connectivity index (χ4v) is 4.65. The lowest BCUT2D eigenvalue weighted by molar-refractivity contribution is 0.0692. The van der Waals surface area contributed by atoms with E-state index in [9.17, 15) is 4.79 Å². The molecule has 2 aromatic rings. The molecule has 2 aliphatic rings. The molecule has 0 aromatic heterocycles. The maximum absolute atomic E-state index is 12.7. The summed E-state index contributed by atoms with van der Waals surface area (Å²) in [6.07, 6.45) is 4.16. The minimum atomic E-state index is -0.330. The molecule has 2 aliphatic heterocycles. The number of nitrogens with one attached hydrogen (secondary N) is 2. The minimum Gasteiger partial charge on any atom is -0.497 e. The maximum atomic E-state index is 12.7. The minimum absolute atomic E-state index is 0.0135. The number of fused-ring (bicyclic) bond motifs is 1. The first-order valence-electron chi connectivity index (χ1n) is 11.2. The normalized spacial score (nSPS) is 19.3. The van der Waals surface area contributed by atoms with Crippen molar-refractivity contribution in [2.45, 2.75) is 51.2 Å². The predicted octanol–water partition coefficient (Wildman–Crippen LogP) is 4.91. The molecule has 2 N–H and O–H groups in total. The summed E-state index contributed by atoms with van der Waals surface area (Å²) in [6, 6.07) is 13.4. The van der Waals surface area contributed by atoms with Crippen molar-refractivity contribution < 1.29 is 14.3 Å². The molecule has 1 atom stereocenters. The summed E-state index contributed by atoms with van der Waals surface area (Å²) in [4.78, 5) is 14.6. The molecular weight excluding hydrogens is 422 g/mol. The Morgan fingerprint density at radius 3 is 2.53 bits per heavy atom. The zero-order valence-corrected chi connectivity index (χ0v) is 19.8. The predicted molar refractivity (Wildman–Crippen MR) is 131 cm³/mol. The Bertz CT molecular complexity index is 984. The van der Waals surface area contributed by atoms with Crippen molar-refractivity contribution >= 4 is 28.9 Å². The van der Waals surface area contributed by atoms with Crippen molar-refractivity contribution in [2.24, 2.45) is 0 Å². The third kappa shape index (κ3) is 5.15. The molecule has 0 radical (unpaired) electrons. The lowest BCUT2D eigenvalue weighted by Crippen LogP contribution is -2.42. The van der Waals surface area contributed by atoms with Gasteiger partial charge >= 0.3 is 0 Å².